The molecular formula is C21H27NO5S. The van der Waals surface area contributed by atoms with Gasteiger partial charge < -0.3 is 14.7 Å². The Labute approximate surface area is 166 Å². The van der Waals surface area contributed by atoms with E-state index in [-0.39, 0.29) is 5.75 Å². The fraction of sp³-hybridized carbons (Fsp3) is 0.381. The van der Waals surface area contributed by atoms with Gasteiger partial charge in [-0.2, -0.15) is 8.42 Å². The second kappa shape index (κ2) is 8.75. The smallest absolute Gasteiger partial charge is 0.315 e. The summed E-state index contributed by atoms with van der Waals surface area (Å²) in [5, 5.41) is 0. The number of carbonyl (C=O) groups is 1. The number of benzene rings is 2. The fourth-order valence-electron chi connectivity index (χ4n) is 2.86. The summed E-state index contributed by atoms with van der Waals surface area (Å²) >= 11 is 0. The number of hydrogen-bond acceptors (Lipinski definition) is 6. The molecule has 2 unspecified atom stereocenters. The molecule has 0 saturated heterocycles. The van der Waals surface area contributed by atoms with Crippen molar-refractivity contribution >= 4 is 16.1 Å². The highest BCUT2D eigenvalue weighted by Gasteiger charge is 2.32. The highest BCUT2D eigenvalue weighted by atomic mass is 32.2. The molecule has 152 valence electrons. The zero-order valence-corrected chi connectivity index (χ0v) is 17.4. The van der Waals surface area contributed by atoms with Crippen LogP contribution in [0.25, 0.3) is 0 Å². The second-order valence-corrected chi connectivity index (χ2v) is 9.30. The van der Waals surface area contributed by atoms with Gasteiger partial charge in [0.25, 0.3) is 0 Å². The fourth-order valence-corrected chi connectivity index (χ4v) is 3.32. The van der Waals surface area contributed by atoms with Crippen molar-refractivity contribution < 1.29 is 22.1 Å². The van der Waals surface area contributed by atoms with Gasteiger partial charge in [-0.3, -0.25) is 4.79 Å². The average Bonchev–Trinajstić information content (AvgIpc) is 2.53. The summed E-state index contributed by atoms with van der Waals surface area (Å²) in [5.41, 5.74) is 7.27. The predicted molar refractivity (Wildman–Crippen MR) is 109 cm³/mol. The molecule has 0 radical (unpaired) electrons. The molecule has 0 aliphatic rings. The molecule has 0 fully saturated rings. The third-order valence-electron chi connectivity index (χ3n) is 3.87. The zero-order chi connectivity index (χ0) is 20.9. The monoisotopic (exact) mass is 405 g/mol. The van der Waals surface area contributed by atoms with Crippen molar-refractivity contribution in [1.29, 1.82) is 0 Å². The van der Waals surface area contributed by atoms with Crippen molar-refractivity contribution in [3.8, 4) is 5.75 Å². The van der Waals surface area contributed by atoms with E-state index in [1.807, 2.05) is 30.3 Å². The molecule has 0 aliphatic heterocycles. The minimum absolute atomic E-state index is 0.125. The number of carbonyl (C=O) groups excluding carboxylic acids is 1. The largest absolute Gasteiger partial charge is 0.459 e. The maximum Gasteiger partial charge on any atom is 0.315 e. The molecule has 6 nitrogen and oxygen atoms in total. The van der Waals surface area contributed by atoms with Gasteiger partial charge in [-0.15, -0.1) is 0 Å². The molecule has 7 heteroatoms. The molecule has 2 aromatic rings. The molecule has 2 atom stereocenters. The predicted octanol–water partition coefficient (Wildman–Crippen LogP) is 3.02. The summed E-state index contributed by atoms with van der Waals surface area (Å²) in [4.78, 5) is 12.9. The number of ether oxygens (including phenoxy) is 1. The van der Waals surface area contributed by atoms with Gasteiger partial charge in [-0.1, -0.05) is 42.5 Å². The first-order valence-corrected chi connectivity index (χ1v) is 10.8. The minimum Gasteiger partial charge on any atom is -0.459 e. The zero-order valence-electron chi connectivity index (χ0n) is 16.6. The van der Waals surface area contributed by atoms with Crippen molar-refractivity contribution in [3.05, 3.63) is 65.7 Å². The third-order valence-corrected chi connectivity index (χ3v) is 4.36. The lowest BCUT2D eigenvalue weighted by molar-refractivity contribution is -0.157. The van der Waals surface area contributed by atoms with E-state index in [2.05, 4.69) is 0 Å². The normalized spacial score (nSPS) is 14.2. The molecule has 28 heavy (non-hydrogen) atoms. The molecule has 0 spiro atoms. The van der Waals surface area contributed by atoms with Gasteiger partial charge in [0.1, 0.15) is 11.4 Å². The Morgan fingerprint density at radius 1 is 1.07 bits per heavy atom. The Kier molecular flexibility index (Phi) is 6.85. The summed E-state index contributed by atoms with van der Waals surface area (Å²) in [7, 11) is -3.68. The Morgan fingerprint density at radius 3 is 2.29 bits per heavy atom. The lowest BCUT2D eigenvalue weighted by Gasteiger charge is -2.28. The first kappa shape index (κ1) is 21.9. The van der Waals surface area contributed by atoms with Crippen molar-refractivity contribution in [1.82, 2.24) is 0 Å². The topological polar surface area (TPSA) is 95.7 Å². The van der Waals surface area contributed by atoms with E-state index < -0.39 is 33.6 Å². The summed E-state index contributed by atoms with van der Waals surface area (Å²) in [6.45, 7) is 5.36. The molecule has 0 aromatic heterocycles. The van der Waals surface area contributed by atoms with Crippen LogP contribution in [-0.4, -0.2) is 32.3 Å². The van der Waals surface area contributed by atoms with Crippen LogP contribution >= 0.6 is 0 Å². The highest BCUT2D eigenvalue weighted by Crippen LogP contribution is 2.28. The Morgan fingerprint density at radius 2 is 1.71 bits per heavy atom. The van der Waals surface area contributed by atoms with Crippen molar-refractivity contribution in [2.24, 2.45) is 5.73 Å². The lowest BCUT2D eigenvalue weighted by Crippen LogP contribution is -2.39. The maximum absolute atomic E-state index is 12.9. The first-order chi connectivity index (χ1) is 12.9. The number of hydrogen-bond donors (Lipinski definition) is 1. The van der Waals surface area contributed by atoms with Gasteiger partial charge in [0, 0.05) is 6.04 Å². The molecule has 0 saturated carbocycles. The first-order valence-electron chi connectivity index (χ1n) is 8.96. The van der Waals surface area contributed by atoms with E-state index in [1.54, 1.807) is 32.9 Å². The maximum atomic E-state index is 12.9. The lowest BCUT2D eigenvalue weighted by atomic mass is 9.88. The summed E-state index contributed by atoms with van der Waals surface area (Å²) < 4.78 is 33.4. The van der Waals surface area contributed by atoms with Gasteiger partial charge in [0.2, 0.25) is 0 Å². The SMILES string of the molecule is CC(C)(C)OC(=O)C(c1cccc(OS(C)(=O)=O)c1)C(N)Cc1ccccc1. The molecule has 2 N–H and O–H groups in total. The molecule has 0 heterocycles. The van der Waals surface area contributed by atoms with E-state index in [0.29, 0.717) is 12.0 Å². The van der Waals surface area contributed by atoms with E-state index in [9.17, 15) is 13.2 Å². The average molecular weight is 406 g/mol. The van der Waals surface area contributed by atoms with E-state index in [0.717, 1.165) is 11.8 Å². The standard InChI is InChI=1S/C21H27NO5S/c1-21(2,3)26-20(23)19(18(22)13-15-9-6-5-7-10-15)16-11-8-12-17(14-16)27-28(4,24)25/h5-12,14,18-19H,13,22H2,1-4H3. The molecule has 0 amide bonds. The number of rotatable bonds is 7. The highest BCUT2D eigenvalue weighted by molar-refractivity contribution is 7.86. The van der Waals surface area contributed by atoms with Crippen LogP contribution < -0.4 is 9.92 Å². The Hall–Kier alpha value is -2.38. The molecule has 0 bridgehead atoms. The van der Waals surface area contributed by atoms with Crippen LogP contribution in [0.15, 0.2) is 54.6 Å². The van der Waals surface area contributed by atoms with Crippen LogP contribution in [0.3, 0.4) is 0 Å². The van der Waals surface area contributed by atoms with Crippen LogP contribution in [0.2, 0.25) is 0 Å². The molecule has 0 aliphatic carbocycles. The summed E-state index contributed by atoms with van der Waals surface area (Å²) in [6.07, 6.45) is 1.42. The van der Waals surface area contributed by atoms with Crippen molar-refractivity contribution in [3.63, 3.8) is 0 Å². The van der Waals surface area contributed by atoms with Gasteiger partial charge in [-0.25, -0.2) is 0 Å². The molecular weight excluding hydrogens is 378 g/mol. The van der Waals surface area contributed by atoms with E-state index in [4.69, 9.17) is 14.7 Å². The number of nitrogens with two attached hydrogens (primary N) is 1. The third kappa shape index (κ3) is 6.98. The molecule has 2 rings (SSSR count). The second-order valence-electron chi connectivity index (χ2n) is 7.72. The van der Waals surface area contributed by atoms with Gasteiger partial charge in [-0.05, 0) is 50.5 Å². The minimum atomic E-state index is -3.68. The van der Waals surface area contributed by atoms with Gasteiger partial charge in [0.15, 0.2) is 0 Å². The Balaban J connectivity index is 2.37. The van der Waals surface area contributed by atoms with Crippen LogP contribution in [-0.2, 0) is 26.1 Å². The van der Waals surface area contributed by atoms with Crippen molar-refractivity contribution in [2.45, 2.75) is 44.8 Å². The van der Waals surface area contributed by atoms with Gasteiger partial charge >= 0.3 is 16.1 Å². The van der Waals surface area contributed by atoms with Crippen LogP contribution in [0, 0.1) is 0 Å². The van der Waals surface area contributed by atoms with Crippen LogP contribution in [0.1, 0.15) is 37.8 Å². The Bertz CT molecular complexity index is 904. The van der Waals surface area contributed by atoms with Crippen LogP contribution in [0.5, 0.6) is 5.75 Å². The van der Waals surface area contributed by atoms with Crippen LogP contribution in [0.4, 0.5) is 0 Å². The van der Waals surface area contributed by atoms with E-state index >= 15 is 0 Å². The summed E-state index contributed by atoms with van der Waals surface area (Å²) in [6, 6.07) is 15.4. The van der Waals surface area contributed by atoms with E-state index in [1.165, 1.54) is 12.1 Å². The van der Waals surface area contributed by atoms with Crippen molar-refractivity contribution in [2.75, 3.05) is 6.26 Å². The number of esters is 1. The van der Waals surface area contributed by atoms with Gasteiger partial charge in [0.05, 0.1) is 12.2 Å². The quantitative estimate of drug-likeness (QED) is 0.562. The molecule has 2 aromatic carbocycles. The summed E-state index contributed by atoms with van der Waals surface area (Å²) in [5.74, 6) is -1.12.